The van der Waals surface area contributed by atoms with Crippen molar-refractivity contribution in [3.63, 3.8) is 0 Å². The van der Waals surface area contributed by atoms with Crippen molar-refractivity contribution >= 4 is 0 Å². The molecule has 1 heteroatoms. The molecule has 0 amide bonds. The minimum atomic E-state index is -0.172. The average molecular weight is 202 g/mol. The number of hydrogen-bond donors (Lipinski definition) is 0. The lowest BCUT2D eigenvalue weighted by molar-refractivity contribution is 0.631. The van der Waals surface area contributed by atoms with Gasteiger partial charge in [0.05, 0.1) is 0 Å². The average Bonchev–Trinajstić information content (AvgIpc) is 2.33. The molecule has 2 aromatic carbocycles. The Balaban J connectivity index is 0.000000531. The van der Waals surface area contributed by atoms with Gasteiger partial charge in [0, 0.05) is 5.56 Å². The molecule has 0 saturated heterocycles. The Morgan fingerprint density at radius 2 is 1.27 bits per heavy atom. The van der Waals surface area contributed by atoms with Gasteiger partial charge < -0.3 is 0 Å². The van der Waals surface area contributed by atoms with Gasteiger partial charge in [0.1, 0.15) is 5.82 Å². The van der Waals surface area contributed by atoms with E-state index in [1.54, 1.807) is 12.1 Å². The summed E-state index contributed by atoms with van der Waals surface area (Å²) in [5, 5.41) is 0. The zero-order valence-corrected chi connectivity index (χ0v) is 9.07. The third-order valence-corrected chi connectivity index (χ3v) is 1.96. The van der Waals surface area contributed by atoms with Gasteiger partial charge in [0.2, 0.25) is 0 Å². The maximum atomic E-state index is 13.3. The predicted molar refractivity (Wildman–Crippen MR) is 63.2 cm³/mol. The fraction of sp³-hybridized carbons (Fsp3) is 0.143. The van der Waals surface area contributed by atoms with Crippen LogP contribution >= 0.6 is 0 Å². The van der Waals surface area contributed by atoms with Crippen molar-refractivity contribution in [3.8, 4) is 11.1 Å². The third-order valence-electron chi connectivity index (χ3n) is 1.96. The van der Waals surface area contributed by atoms with Crippen LogP contribution in [0.5, 0.6) is 0 Å². The van der Waals surface area contributed by atoms with Gasteiger partial charge in [-0.05, 0) is 11.6 Å². The molecule has 0 spiro atoms. The standard InChI is InChI=1S/C12H9F.C2H6/c13-12-9-5-4-8-11(12)10-6-2-1-3-7-10;1-2/h1-9H;1-2H3. The molecule has 0 heterocycles. The van der Waals surface area contributed by atoms with Crippen LogP contribution in [0.15, 0.2) is 54.6 Å². The molecular weight excluding hydrogens is 187 g/mol. The molecule has 0 unspecified atom stereocenters. The van der Waals surface area contributed by atoms with Crippen molar-refractivity contribution in [2.24, 2.45) is 0 Å². The van der Waals surface area contributed by atoms with E-state index in [1.165, 1.54) is 6.07 Å². The molecule has 0 atom stereocenters. The fourth-order valence-electron chi connectivity index (χ4n) is 1.31. The van der Waals surface area contributed by atoms with E-state index in [0.29, 0.717) is 5.56 Å². The van der Waals surface area contributed by atoms with Crippen LogP contribution in [0, 0.1) is 5.82 Å². The monoisotopic (exact) mass is 202 g/mol. The van der Waals surface area contributed by atoms with E-state index in [9.17, 15) is 4.39 Å². The van der Waals surface area contributed by atoms with Crippen LogP contribution < -0.4 is 0 Å². The Labute approximate surface area is 90.4 Å². The molecule has 0 aliphatic heterocycles. The summed E-state index contributed by atoms with van der Waals surface area (Å²) < 4.78 is 13.3. The first-order chi connectivity index (χ1) is 7.38. The highest BCUT2D eigenvalue weighted by Gasteiger charge is 2.01. The second-order valence-electron chi connectivity index (χ2n) is 2.85. The fourth-order valence-corrected chi connectivity index (χ4v) is 1.31. The van der Waals surface area contributed by atoms with E-state index in [2.05, 4.69) is 0 Å². The summed E-state index contributed by atoms with van der Waals surface area (Å²) in [7, 11) is 0. The van der Waals surface area contributed by atoms with Gasteiger partial charge in [-0.15, -0.1) is 0 Å². The first-order valence-electron chi connectivity index (χ1n) is 5.18. The Kier molecular flexibility index (Phi) is 4.55. The van der Waals surface area contributed by atoms with E-state index in [4.69, 9.17) is 0 Å². The van der Waals surface area contributed by atoms with Crippen LogP contribution in [0.25, 0.3) is 11.1 Å². The second-order valence-corrected chi connectivity index (χ2v) is 2.85. The van der Waals surface area contributed by atoms with Gasteiger partial charge in [0.25, 0.3) is 0 Å². The molecule has 0 radical (unpaired) electrons. The van der Waals surface area contributed by atoms with Crippen molar-refractivity contribution in [3.05, 3.63) is 60.4 Å². The molecule has 0 saturated carbocycles. The summed E-state index contributed by atoms with van der Waals surface area (Å²) in [6, 6.07) is 16.3. The SMILES string of the molecule is CC.Fc1ccccc1-c1ccccc1. The van der Waals surface area contributed by atoms with E-state index < -0.39 is 0 Å². The molecule has 0 nitrogen and oxygen atoms in total. The summed E-state index contributed by atoms with van der Waals surface area (Å²) in [5.41, 5.74) is 1.57. The lowest BCUT2D eigenvalue weighted by Gasteiger charge is -2.01. The van der Waals surface area contributed by atoms with Crippen molar-refractivity contribution in [1.29, 1.82) is 0 Å². The normalized spacial score (nSPS) is 9.00. The Morgan fingerprint density at radius 3 is 1.87 bits per heavy atom. The minimum absolute atomic E-state index is 0.172. The molecule has 0 aliphatic rings. The molecule has 0 aromatic heterocycles. The summed E-state index contributed by atoms with van der Waals surface area (Å²) in [6.45, 7) is 4.00. The molecule has 0 bridgehead atoms. The number of rotatable bonds is 1. The maximum absolute atomic E-state index is 13.3. The first-order valence-corrected chi connectivity index (χ1v) is 5.18. The smallest absolute Gasteiger partial charge is 0.131 e. The first kappa shape index (κ1) is 11.4. The zero-order valence-electron chi connectivity index (χ0n) is 9.07. The maximum Gasteiger partial charge on any atom is 0.131 e. The lowest BCUT2D eigenvalue weighted by atomic mass is 10.1. The van der Waals surface area contributed by atoms with Gasteiger partial charge in [0.15, 0.2) is 0 Å². The van der Waals surface area contributed by atoms with E-state index >= 15 is 0 Å². The van der Waals surface area contributed by atoms with Gasteiger partial charge in [-0.25, -0.2) is 4.39 Å². The highest BCUT2D eigenvalue weighted by atomic mass is 19.1. The lowest BCUT2D eigenvalue weighted by Crippen LogP contribution is -1.81. The Morgan fingerprint density at radius 1 is 0.733 bits per heavy atom. The van der Waals surface area contributed by atoms with Gasteiger partial charge in [-0.3, -0.25) is 0 Å². The Hall–Kier alpha value is -1.63. The molecular formula is C14H15F. The summed E-state index contributed by atoms with van der Waals surface area (Å²) in [5.74, 6) is -0.172. The highest BCUT2D eigenvalue weighted by Crippen LogP contribution is 2.21. The van der Waals surface area contributed by atoms with Gasteiger partial charge in [-0.2, -0.15) is 0 Å². The summed E-state index contributed by atoms with van der Waals surface area (Å²) in [4.78, 5) is 0. The number of halogens is 1. The van der Waals surface area contributed by atoms with Gasteiger partial charge >= 0.3 is 0 Å². The molecule has 15 heavy (non-hydrogen) atoms. The van der Waals surface area contributed by atoms with Crippen LogP contribution in [0.1, 0.15) is 13.8 Å². The van der Waals surface area contributed by atoms with Crippen LogP contribution in [0.3, 0.4) is 0 Å². The molecule has 78 valence electrons. The zero-order chi connectivity index (χ0) is 11.1. The van der Waals surface area contributed by atoms with Crippen LogP contribution in [-0.4, -0.2) is 0 Å². The van der Waals surface area contributed by atoms with Crippen molar-refractivity contribution in [2.45, 2.75) is 13.8 Å². The number of hydrogen-bond acceptors (Lipinski definition) is 0. The van der Waals surface area contributed by atoms with E-state index in [1.807, 2.05) is 50.2 Å². The van der Waals surface area contributed by atoms with Crippen molar-refractivity contribution in [2.75, 3.05) is 0 Å². The Bertz CT molecular complexity index is 393. The summed E-state index contributed by atoms with van der Waals surface area (Å²) in [6.07, 6.45) is 0. The molecule has 2 aromatic rings. The van der Waals surface area contributed by atoms with Crippen LogP contribution in [0.4, 0.5) is 4.39 Å². The van der Waals surface area contributed by atoms with Crippen LogP contribution in [0.2, 0.25) is 0 Å². The molecule has 0 aliphatic carbocycles. The molecule has 0 fully saturated rings. The van der Waals surface area contributed by atoms with Crippen molar-refractivity contribution in [1.82, 2.24) is 0 Å². The highest BCUT2D eigenvalue weighted by molar-refractivity contribution is 5.63. The topological polar surface area (TPSA) is 0 Å². The predicted octanol–water partition coefficient (Wildman–Crippen LogP) is 4.52. The largest absolute Gasteiger partial charge is 0.206 e. The molecule has 2 rings (SSSR count). The summed E-state index contributed by atoms with van der Waals surface area (Å²) >= 11 is 0. The second kappa shape index (κ2) is 5.97. The molecule has 0 N–H and O–H groups in total. The van der Waals surface area contributed by atoms with Gasteiger partial charge in [-0.1, -0.05) is 62.4 Å². The van der Waals surface area contributed by atoms with Crippen molar-refractivity contribution < 1.29 is 4.39 Å². The number of benzene rings is 2. The quantitative estimate of drug-likeness (QED) is 0.637. The van der Waals surface area contributed by atoms with Crippen LogP contribution in [-0.2, 0) is 0 Å². The minimum Gasteiger partial charge on any atom is -0.206 e. The van der Waals surface area contributed by atoms with E-state index in [0.717, 1.165) is 5.56 Å². The van der Waals surface area contributed by atoms with E-state index in [-0.39, 0.29) is 5.82 Å². The third kappa shape index (κ3) is 2.91.